The number of aromatic nitrogens is 2. The minimum atomic E-state index is -3.28. The molecule has 0 spiro atoms. The molecule has 6 heteroatoms. The molecule has 0 bridgehead atoms. The van der Waals surface area contributed by atoms with Crippen LogP contribution in [0.4, 0.5) is 0 Å². The van der Waals surface area contributed by atoms with E-state index in [0.29, 0.717) is 17.4 Å². The summed E-state index contributed by atoms with van der Waals surface area (Å²) in [6.45, 7) is 0. The van der Waals surface area contributed by atoms with Gasteiger partial charge in [-0.15, -0.1) is 11.6 Å². The molecule has 0 atom stereocenters. The number of imidazole rings is 1. The van der Waals surface area contributed by atoms with Crippen LogP contribution in [0.15, 0.2) is 23.1 Å². The molecule has 0 saturated heterocycles. The molecule has 108 valence electrons. The molecule has 1 heterocycles. The highest BCUT2D eigenvalue weighted by atomic mass is 35.5. The van der Waals surface area contributed by atoms with Crippen LogP contribution in [0.2, 0.25) is 0 Å². The van der Waals surface area contributed by atoms with Gasteiger partial charge in [-0.2, -0.15) is 0 Å². The Morgan fingerprint density at radius 3 is 2.65 bits per heavy atom. The summed E-state index contributed by atoms with van der Waals surface area (Å²) in [6, 6.07) is 5.72. The minimum Gasteiger partial charge on any atom is -0.324 e. The van der Waals surface area contributed by atoms with Crippen LogP contribution < -0.4 is 0 Å². The van der Waals surface area contributed by atoms with E-state index < -0.39 is 9.84 Å². The number of fused-ring (bicyclic) bond motifs is 1. The number of rotatable bonds is 3. The number of sulfone groups is 1. The molecule has 1 aromatic carbocycles. The van der Waals surface area contributed by atoms with Gasteiger partial charge in [-0.25, -0.2) is 13.4 Å². The highest BCUT2D eigenvalue weighted by molar-refractivity contribution is 7.91. The molecule has 0 unspecified atom stereocenters. The Balaban J connectivity index is 2.29. The van der Waals surface area contributed by atoms with E-state index in [1.54, 1.807) is 12.1 Å². The van der Waals surface area contributed by atoms with Gasteiger partial charge in [0, 0.05) is 12.3 Å². The van der Waals surface area contributed by atoms with Crippen molar-refractivity contribution in [2.24, 2.45) is 0 Å². The van der Waals surface area contributed by atoms with Crippen molar-refractivity contribution < 1.29 is 8.42 Å². The maximum Gasteiger partial charge on any atom is 0.177 e. The largest absolute Gasteiger partial charge is 0.324 e. The van der Waals surface area contributed by atoms with Gasteiger partial charge in [0.05, 0.1) is 16.3 Å². The predicted octanol–water partition coefficient (Wildman–Crippen LogP) is 3.29. The second-order valence-corrected chi connectivity index (χ2v) is 7.62. The lowest BCUT2D eigenvalue weighted by Crippen LogP contribution is -2.08. The molecule has 20 heavy (non-hydrogen) atoms. The summed E-state index contributed by atoms with van der Waals surface area (Å²) < 4.78 is 25.9. The molecule has 0 N–H and O–H groups in total. The van der Waals surface area contributed by atoms with Gasteiger partial charge in [-0.1, -0.05) is 18.9 Å². The SMILES string of the molecule is CS(=O)(=O)c1cccc2c1nc(CCl)n2C1CCCC1. The van der Waals surface area contributed by atoms with E-state index >= 15 is 0 Å². The Labute approximate surface area is 123 Å². The quantitative estimate of drug-likeness (QED) is 0.817. The van der Waals surface area contributed by atoms with Crippen molar-refractivity contribution >= 4 is 32.5 Å². The fourth-order valence-electron chi connectivity index (χ4n) is 3.10. The maximum atomic E-state index is 11.9. The van der Waals surface area contributed by atoms with E-state index in [9.17, 15) is 8.42 Å². The topological polar surface area (TPSA) is 52.0 Å². The first-order valence-electron chi connectivity index (χ1n) is 6.78. The number of alkyl halides is 1. The lowest BCUT2D eigenvalue weighted by atomic mass is 10.2. The Morgan fingerprint density at radius 1 is 1.35 bits per heavy atom. The first-order chi connectivity index (χ1) is 9.52. The molecule has 1 saturated carbocycles. The number of para-hydroxylation sites is 1. The van der Waals surface area contributed by atoms with E-state index in [0.717, 1.165) is 24.2 Å². The summed E-state index contributed by atoms with van der Waals surface area (Å²) in [6.07, 6.45) is 5.85. The van der Waals surface area contributed by atoms with Crippen LogP contribution in [0, 0.1) is 0 Å². The van der Waals surface area contributed by atoms with Gasteiger partial charge in [0.15, 0.2) is 9.84 Å². The summed E-state index contributed by atoms with van der Waals surface area (Å²) >= 11 is 6.02. The molecule has 1 aliphatic carbocycles. The van der Waals surface area contributed by atoms with Crippen LogP contribution in [0.3, 0.4) is 0 Å². The van der Waals surface area contributed by atoms with Crippen molar-refractivity contribution in [1.29, 1.82) is 0 Å². The third kappa shape index (κ3) is 2.23. The Kier molecular flexibility index (Phi) is 3.50. The lowest BCUT2D eigenvalue weighted by Gasteiger charge is -2.15. The smallest absolute Gasteiger partial charge is 0.177 e. The fourth-order valence-corrected chi connectivity index (χ4v) is 4.12. The summed E-state index contributed by atoms with van der Waals surface area (Å²) in [4.78, 5) is 4.78. The number of benzene rings is 1. The van der Waals surface area contributed by atoms with E-state index in [2.05, 4.69) is 9.55 Å². The number of nitrogens with zero attached hydrogens (tertiary/aromatic N) is 2. The van der Waals surface area contributed by atoms with Crippen LogP contribution in [-0.2, 0) is 15.7 Å². The second kappa shape index (κ2) is 5.04. The van der Waals surface area contributed by atoms with Crippen LogP contribution in [0.25, 0.3) is 11.0 Å². The van der Waals surface area contributed by atoms with E-state index in [1.807, 2.05) is 6.07 Å². The Bertz CT molecular complexity index is 746. The Hall–Kier alpha value is -1.07. The van der Waals surface area contributed by atoms with Gasteiger partial charge in [0.2, 0.25) is 0 Å². The molecule has 0 radical (unpaired) electrons. The summed E-state index contributed by atoms with van der Waals surface area (Å²) in [7, 11) is -3.28. The zero-order valence-corrected chi connectivity index (χ0v) is 12.9. The van der Waals surface area contributed by atoms with Gasteiger partial charge >= 0.3 is 0 Å². The Morgan fingerprint density at radius 2 is 2.05 bits per heavy atom. The predicted molar refractivity (Wildman–Crippen MR) is 79.9 cm³/mol. The zero-order valence-electron chi connectivity index (χ0n) is 11.3. The van der Waals surface area contributed by atoms with Crippen LogP contribution in [0.5, 0.6) is 0 Å². The minimum absolute atomic E-state index is 0.290. The van der Waals surface area contributed by atoms with Crippen molar-refractivity contribution in [3.8, 4) is 0 Å². The molecule has 0 aliphatic heterocycles. The van der Waals surface area contributed by atoms with E-state index in [1.165, 1.54) is 19.1 Å². The third-order valence-corrected chi connectivity index (χ3v) is 5.33. The number of halogens is 1. The van der Waals surface area contributed by atoms with E-state index in [4.69, 9.17) is 11.6 Å². The molecule has 1 aliphatic rings. The fraction of sp³-hybridized carbons (Fsp3) is 0.500. The second-order valence-electron chi connectivity index (χ2n) is 5.37. The molecular weight excluding hydrogens is 296 g/mol. The van der Waals surface area contributed by atoms with Crippen LogP contribution >= 0.6 is 11.6 Å². The standard InChI is InChI=1S/C14H17ClN2O2S/c1-20(18,19)12-8-4-7-11-14(12)16-13(9-15)17(11)10-5-2-3-6-10/h4,7-8,10H,2-3,5-6,9H2,1H3. The molecule has 4 nitrogen and oxygen atoms in total. The first-order valence-corrected chi connectivity index (χ1v) is 9.21. The average molecular weight is 313 g/mol. The molecular formula is C14H17ClN2O2S. The normalized spacial score (nSPS) is 17.1. The molecule has 0 amide bonds. The average Bonchev–Trinajstić information content (AvgIpc) is 3.02. The maximum absolute atomic E-state index is 11.9. The summed E-state index contributed by atoms with van der Waals surface area (Å²) in [5, 5.41) is 0. The number of hydrogen-bond acceptors (Lipinski definition) is 3. The van der Waals surface area contributed by atoms with E-state index in [-0.39, 0.29) is 4.90 Å². The number of hydrogen-bond donors (Lipinski definition) is 0. The summed E-state index contributed by atoms with van der Waals surface area (Å²) in [5.41, 5.74) is 1.44. The molecule has 1 fully saturated rings. The first kappa shape index (κ1) is 13.9. The highest BCUT2D eigenvalue weighted by Gasteiger charge is 2.24. The van der Waals surface area contributed by atoms with Crippen molar-refractivity contribution in [2.75, 3.05) is 6.26 Å². The molecule has 2 aromatic rings. The van der Waals surface area contributed by atoms with Crippen molar-refractivity contribution in [3.05, 3.63) is 24.0 Å². The lowest BCUT2D eigenvalue weighted by molar-refractivity contribution is 0.518. The molecule has 3 rings (SSSR count). The third-order valence-electron chi connectivity index (χ3n) is 3.97. The monoisotopic (exact) mass is 312 g/mol. The van der Waals surface area contributed by atoms with Gasteiger partial charge in [-0.3, -0.25) is 0 Å². The van der Waals surface area contributed by atoms with Gasteiger partial charge < -0.3 is 4.57 Å². The van der Waals surface area contributed by atoms with Crippen molar-refractivity contribution in [1.82, 2.24) is 9.55 Å². The molecule has 1 aromatic heterocycles. The van der Waals surface area contributed by atoms with Gasteiger partial charge in [-0.05, 0) is 25.0 Å². The van der Waals surface area contributed by atoms with Gasteiger partial charge in [0.1, 0.15) is 11.3 Å². The van der Waals surface area contributed by atoms with Crippen LogP contribution in [-0.4, -0.2) is 24.2 Å². The summed E-state index contributed by atoms with van der Waals surface area (Å²) in [5.74, 6) is 1.07. The zero-order chi connectivity index (χ0) is 14.3. The van der Waals surface area contributed by atoms with Crippen molar-refractivity contribution in [3.63, 3.8) is 0 Å². The van der Waals surface area contributed by atoms with Gasteiger partial charge in [0.25, 0.3) is 0 Å². The van der Waals surface area contributed by atoms with Crippen LogP contribution in [0.1, 0.15) is 37.5 Å². The highest BCUT2D eigenvalue weighted by Crippen LogP contribution is 2.35. The van der Waals surface area contributed by atoms with Crippen molar-refractivity contribution in [2.45, 2.75) is 42.5 Å².